The minimum Gasteiger partial charge on any atom is -0.453 e. The number of para-hydroxylation sites is 1. The van der Waals surface area contributed by atoms with E-state index >= 15 is 0 Å². The van der Waals surface area contributed by atoms with Gasteiger partial charge in [0.2, 0.25) is 5.78 Å². The van der Waals surface area contributed by atoms with Crippen LogP contribution in [0.25, 0.3) is 11.0 Å². The summed E-state index contributed by atoms with van der Waals surface area (Å²) in [6.07, 6.45) is 2.25. The van der Waals surface area contributed by atoms with E-state index in [-0.39, 0.29) is 5.78 Å². The lowest BCUT2D eigenvalue weighted by Crippen LogP contribution is -2.43. The van der Waals surface area contributed by atoms with Crippen LogP contribution in [0.4, 0.5) is 0 Å². The molecular weight excluding hydrogens is 264 g/mol. The summed E-state index contributed by atoms with van der Waals surface area (Å²) in [5, 5.41) is 0.989. The number of benzene rings is 1. The van der Waals surface area contributed by atoms with Gasteiger partial charge in [-0.1, -0.05) is 18.2 Å². The summed E-state index contributed by atoms with van der Waals surface area (Å²) in [4.78, 5) is 16.9. The first-order valence-corrected chi connectivity index (χ1v) is 7.54. The molecular formula is C17H22N2O2. The first-order valence-electron chi connectivity index (χ1n) is 7.54. The van der Waals surface area contributed by atoms with Crippen LogP contribution in [-0.4, -0.2) is 55.4 Å². The van der Waals surface area contributed by atoms with Crippen LogP contribution in [0.3, 0.4) is 0 Å². The van der Waals surface area contributed by atoms with Crippen LogP contribution in [0.5, 0.6) is 0 Å². The van der Waals surface area contributed by atoms with E-state index in [2.05, 4.69) is 16.8 Å². The Labute approximate surface area is 125 Å². The van der Waals surface area contributed by atoms with Crippen molar-refractivity contribution in [3.05, 3.63) is 36.1 Å². The lowest BCUT2D eigenvalue weighted by atomic mass is 10.0. The maximum absolute atomic E-state index is 12.4. The minimum absolute atomic E-state index is 0.0626. The Bertz CT molecular complexity index is 594. The van der Waals surface area contributed by atoms with Gasteiger partial charge in [-0.25, -0.2) is 0 Å². The van der Waals surface area contributed by atoms with Crippen LogP contribution >= 0.6 is 0 Å². The van der Waals surface area contributed by atoms with Gasteiger partial charge in [0.15, 0.2) is 5.76 Å². The topological polar surface area (TPSA) is 36.7 Å². The van der Waals surface area contributed by atoms with Crippen LogP contribution in [0.2, 0.25) is 0 Å². The number of hydrogen-bond acceptors (Lipinski definition) is 4. The summed E-state index contributed by atoms with van der Waals surface area (Å²) < 4.78 is 5.65. The van der Waals surface area contributed by atoms with Crippen molar-refractivity contribution in [3.63, 3.8) is 0 Å². The Hall–Kier alpha value is -1.65. The highest BCUT2D eigenvalue weighted by Gasteiger charge is 2.23. The van der Waals surface area contributed by atoms with Crippen molar-refractivity contribution in [1.82, 2.24) is 9.80 Å². The molecule has 0 unspecified atom stereocenters. The monoisotopic (exact) mass is 286 g/mol. The molecule has 112 valence electrons. The molecule has 0 spiro atoms. The van der Waals surface area contributed by atoms with E-state index in [4.69, 9.17) is 4.42 Å². The molecule has 1 aliphatic rings. The summed E-state index contributed by atoms with van der Waals surface area (Å²) >= 11 is 0. The van der Waals surface area contributed by atoms with Crippen molar-refractivity contribution in [3.8, 4) is 0 Å². The van der Waals surface area contributed by atoms with Gasteiger partial charge in [0, 0.05) is 11.4 Å². The molecule has 1 fully saturated rings. The first kappa shape index (κ1) is 14.3. The normalized spacial score (nSPS) is 17.7. The molecule has 0 radical (unpaired) electrons. The molecule has 1 aromatic heterocycles. The Morgan fingerprint density at radius 3 is 2.76 bits per heavy atom. The van der Waals surface area contributed by atoms with E-state index < -0.39 is 0 Å². The second-order valence-electron chi connectivity index (χ2n) is 6.02. The molecule has 4 nitrogen and oxygen atoms in total. The highest BCUT2D eigenvalue weighted by Crippen LogP contribution is 2.20. The maximum Gasteiger partial charge on any atom is 0.211 e. The molecule has 1 saturated heterocycles. The molecule has 0 bridgehead atoms. The Morgan fingerprint density at radius 2 is 2.05 bits per heavy atom. The van der Waals surface area contributed by atoms with Crippen LogP contribution in [0.15, 0.2) is 34.7 Å². The predicted molar refractivity (Wildman–Crippen MR) is 83.7 cm³/mol. The van der Waals surface area contributed by atoms with Gasteiger partial charge in [0.05, 0.1) is 6.54 Å². The van der Waals surface area contributed by atoms with Crippen molar-refractivity contribution in [2.45, 2.75) is 18.9 Å². The fourth-order valence-corrected chi connectivity index (χ4v) is 2.99. The number of piperidine rings is 1. The summed E-state index contributed by atoms with van der Waals surface area (Å²) in [7, 11) is 4.19. The molecule has 21 heavy (non-hydrogen) atoms. The van der Waals surface area contributed by atoms with Gasteiger partial charge in [0.1, 0.15) is 5.58 Å². The van der Waals surface area contributed by atoms with Gasteiger partial charge < -0.3 is 9.32 Å². The SMILES string of the molecule is CN1CCC(N(C)CC(=O)c2cc3ccccc3o2)CC1. The highest BCUT2D eigenvalue weighted by atomic mass is 16.3. The van der Waals surface area contributed by atoms with Gasteiger partial charge in [0.25, 0.3) is 0 Å². The minimum atomic E-state index is 0.0626. The maximum atomic E-state index is 12.4. The van der Waals surface area contributed by atoms with E-state index in [0.717, 1.165) is 36.9 Å². The van der Waals surface area contributed by atoms with Crippen molar-refractivity contribution in [2.75, 3.05) is 33.7 Å². The molecule has 0 aliphatic carbocycles. The first-order chi connectivity index (χ1) is 10.1. The van der Waals surface area contributed by atoms with Gasteiger partial charge in [-0.15, -0.1) is 0 Å². The Balaban J connectivity index is 1.65. The summed E-state index contributed by atoms with van der Waals surface area (Å²) in [5.41, 5.74) is 0.780. The van der Waals surface area contributed by atoms with Gasteiger partial charge >= 0.3 is 0 Å². The van der Waals surface area contributed by atoms with E-state index in [1.807, 2.05) is 37.4 Å². The standard InChI is InChI=1S/C17H22N2O2/c1-18-9-7-14(8-10-18)19(2)12-15(20)17-11-13-5-3-4-6-16(13)21-17/h3-6,11,14H,7-10,12H2,1-2H3. The molecule has 2 aromatic rings. The number of hydrogen-bond donors (Lipinski definition) is 0. The largest absolute Gasteiger partial charge is 0.453 e. The number of nitrogens with zero attached hydrogens (tertiary/aromatic N) is 2. The number of carbonyl (C=O) groups is 1. The molecule has 1 aliphatic heterocycles. The second-order valence-corrected chi connectivity index (χ2v) is 6.02. The Morgan fingerprint density at radius 1 is 1.33 bits per heavy atom. The van der Waals surface area contributed by atoms with Crippen LogP contribution in [-0.2, 0) is 0 Å². The van der Waals surface area contributed by atoms with E-state index in [1.54, 1.807) is 0 Å². The predicted octanol–water partition coefficient (Wildman–Crippen LogP) is 2.64. The lowest BCUT2D eigenvalue weighted by molar-refractivity contribution is 0.0847. The zero-order valence-corrected chi connectivity index (χ0v) is 12.7. The number of rotatable bonds is 4. The fourth-order valence-electron chi connectivity index (χ4n) is 2.99. The molecule has 0 atom stereocenters. The van der Waals surface area contributed by atoms with Gasteiger partial charge in [-0.05, 0) is 52.2 Å². The van der Waals surface area contributed by atoms with Crippen LogP contribution in [0, 0.1) is 0 Å². The molecule has 0 N–H and O–H groups in total. The number of likely N-dealkylation sites (tertiary alicyclic amines) is 1. The van der Waals surface area contributed by atoms with Gasteiger partial charge in [-0.2, -0.15) is 0 Å². The van der Waals surface area contributed by atoms with Crippen molar-refractivity contribution in [1.29, 1.82) is 0 Å². The average Bonchev–Trinajstić information content (AvgIpc) is 2.92. The molecule has 3 rings (SSSR count). The quantitative estimate of drug-likeness (QED) is 0.810. The molecule has 1 aromatic carbocycles. The second kappa shape index (κ2) is 6.00. The van der Waals surface area contributed by atoms with Crippen molar-refractivity contribution in [2.24, 2.45) is 0 Å². The average molecular weight is 286 g/mol. The lowest BCUT2D eigenvalue weighted by Gasteiger charge is -2.34. The number of fused-ring (bicyclic) bond motifs is 1. The zero-order valence-electron chi connectivity index (χ0n) is 12.7. The number of carbonyl (C=O) groups excluding carboxylic acids is 1. The van der Waals surface area contributed by atoms with Crippen LogP contribution < -0.4 is 0 Å². The molecule has 0 saturated carbocycles. The Kier molecular flexibility index (Phi) is 4.08. The third-order valence-electron chi connectivity index (χ3n) is 4.40. The van der Waals surface area contributed by atoms with E-state index in [1.165, 1.54) is 0 Å². The number of Topliss-reactive ketones (excluding diaryl/α,β-unsaturated/α-hetero) is 1. The number of furan rings is 1. The third-order valence-corrected chi connectivity index (χ3v) is 4.40. The highest BCUT2D eigenvalue weighted by molar-refractivity contribution is 5.98. The van der Waals surface area contributed by atoms with Crippen molar-refractivity contribution >= 4 is 16.8 Å². The van der Waals surface area contributed by atoms with Crippen LogP contribution in [0.1, 0.15) is 23.4 Å². The summed E-state index contributed by atoms with van der Waals surface area (Å²) in [6.45, 7) is 2.63. The number of ketones is 1. The molecule has 4 heteroatoms. The molecule has 2 heterocycles. The molecule has 0 amide bonds. The van der Waals surface area contributed by atoms with Crippen molar-refractivity contribution < 1.29 is 9.21 Å². The fraction of sp³-hybridized carbons (Fsp3) is 0.471. The van der Waals surface area contributed by atoms with Gasteiger partial charge in [-0.3, -0.25) is 9.69 Å². The number of likely N-dealkylation sites (N-methyl/N-ethyl adjacent to an activating group) is 1. The van der Waals surface area contributed by atoms with E-state index in [9.17, 15) is 4.79 Å². The summed E-state index contributed by atoms with van der Waals surface area (Å²) in [6, 6.07) is 10.1. The van der Waals surface area contributed by atoms with E-state index in [0.29, 0.717) is 18.3 Å². The summed E-state index contributed by atoms with van der Waals surface area (Å²) in [5.74, 6) is 0.531. The third kappa shape index (κ3) is 3.17. The smallest absolute Gasteiger partial charge is 0.211 e. The zero-order chi connectivity index (χ0) is 14.8.